The molecule has 0 radical (unpaired) electrons. The molecule has 1 atom stereocenters. The number of nitrogens with one attached hydrogen (secondary N) is 2. The molecule has 0 aliphatic heterocycles. The van der Waals surface area contributed by atoms with Crippen LogP contribution in [-0.4, -0.2) is 26.8 Å². The van der Waals surface area contributed by atoms with Gasteiger partial charge in [0, 0.05) is 15.6 Å². The summed E-state index contributed by atoms with van der Waals surface area (Å²) in [4.78, 5) is 36.1. The molecule has 0 aliphatic rings. The second-order valence-electron chi connectivity index (χ2n) is 5.97. The van der Waals surface area contributed by atoms with E-state index >= 15 is 0 Å². The number of aromatic amines is 1. The Bertz CT molecular complexity index is 1080. The van der Waals surface area contributed by atoms with E-state index in [0.717, 1.165) is 6.07 Å². The second-order valence-corrected chi connectivity index (χ2v) is 7.26. The highest BCUT2D eigenvalue weighted by Crippen LogP contribution is 2.25. The van der Waals surface area contributed by atoms with Gasteiger partial charge in [-0.15, -0.1) is 0 Å². The standard InChI is InChI=1S/C19H15BrClN3O4/c20-14-4-2-1-3-13(14)15(10-18(26)27)22-19(28)16-9-17(25)24(23-16)12-7-5-11(21)6-8-12/h1-9,15,23H,10H2,(H,22,28)(H,26,27)/t15-/m0/s1. The van der Waals surface area contributed by atoms with Gasteiger partial charge in [0.15, 0.2) is 0 Å². The molecule has 3 rings (SSSR count). The minimum atomic E-state index is -1.06. The van der Waals surface area contributed by atoms with Crippen molar-refractivity contribution < 1.29 is 14.7 Å². The molecule has 3 N–H and O–H groups in total. The summed E-state index contributed by atoms with van der Waals surface area (Å²) in [6.07, 6.45) is -0.309. The van der Waals surface area contributed by atoms with Crippen LogP contribution in [0.15, 0.2) is 63.9 Å². The molecule has 1 aromatic heterocycles. The summed E-state index contributed by atoms with van der Waals surface area (Å²) < 4.78 is 1.88. The quantitative estimate of drug-likeness (QED) is 0.519. The third kappa shape index (κ3) is 4.52. The second kappa shape index (κ2) is 8.45. The average molecular weight is 465 g/mol. The van der Waals surface area contributed by atoms with Gasteiger partial charge in [-0.3, -0.25) is 19.5 Å². The number of nitrogens with zero attached hydrogens (tertiary/aromatic N) is 1. The minimum Gasteiger partial charge on any atom is -0.481 e. The number of carboxylic acid groups (broad SMARTS) is 1. The highest BCUT2D eigenvalue weighted by molar-refractivity contribution is 9.10. The molecule has 0 unspecified atom stereocenters. The Morgan fingerprint density at radius 1 is 1.18 bits per heavy atom. The molecule has 1 heterocycles. The predicted molar refractivity (Wildman–Crippen MR) is 108 cm³/mol. The zero-order chi connectivity index (χ0) is 20.3. The fraction of sp³-hybridized carbons (Fsp3) is 0.105. The number of amides is 1. The third-order valence-corrected chi connectivity index (χ3v) is 4.99. The van der Waals surface area contributed by atoms with Gasteiger partial charge in [0.25, 0.3) is 11.5 Å². The first-order chi connectivity index (χ1) is 13.3. The average Bonchev–Trinajstić information content (AvgIpc) is 3.04. The smallest absolute Gasteiger partial charge is 0.305 e. The molecule has 2 aromatic carbocycles. The predicted octanol–water partition coefficient (Wildman–Crippen LogP) is 3.53. The van der Waals surface area contributed by atoms with Crippen LogP contribution in [0.1, 0.15) is 28.5 Å². The molecule has 0 saturated carbocycles. The van der Waals surface area contributed by atoms with E-state index in [0.29, 0.717) is 20.7 Å². The van der Waals surface area contributed by atoms with Crippen LogP contribution in [0.3, 0.4) is 0 Å². The van der Waals surface area contributed by atoms with E-state index < -0.39 is 23.5 Å². The number of rotatable bonds is 6. The summed E-state index contributed by atoms with van der Waals surface area (Å²) in [7, 11) is 0. The van der Waals surface area contributed by atoms with Crippen LogP contribution < -0.4 is 10.9 Å². The van der Waals surface area contributed by atoms with Gasteiger partial charge < -0.3 is 10.4 Å². The molecule has 1 amide bonds. The first kappa shape index (κ1) is 19.9. The van der Waals surface area contributed by atoms with Crippen LogP contribution in [0.4, 0.5) is 0 Å². The molecule has 0 spiro atoms. The van der Waals surface area contributed by atoms with Crippen LogP contribution in [0, 0.1) is 0 Å². The number of benzene rings is 2. The van der Waals surface area contributed by atoms with Crippen molar-refractivity contribution in [3.63, 3.8) is 0 Å². The fourth-order valence-electron chi connectivity index (χ4n) is 2.70. The molecular weight excluding hydrogens is 450 g/mol. The highest BCUT2D eigenvalue weighted by atomic mass is 79.9. The Morgan fingerprint density at radius 2 is 1.86 bits per heavy atom. The summed E-state index contributed by atoms with van der Waals surface area (Å²) in [6.45, 7) is 0. The van der Waals surface area contributed by atoms with E-state index in [1.165, 1.54) is 4.68 Å². The molecular formula is C19H15BrClN3O4. The van der Waals surface area contributed by atoms with Gasteiger partial charge in [-0.05, 0) is 35.9 Å². The highest BCUT2D eigenvalue weighted by Gasteiger charge is 2.22. The summed E-state index contributed by atoms with van der Waals surface area (Å²) in [6, 6.07) is 13.9. The largest absolute Gasteiger partial charge is 0.481 e. The lowest BCUT2D eigenvalue weighted by atomic mass is 10.0. The van der Waals surface area contributed by atoms with Gasteiger partial charge in [-0.2, -0.15) is 0 Å². The summed E-state index contributed by atoms with van der Waals surface area (Å²) in [5, 5.41) is 15.1. The molecule has 0 aliphatic carbocycles. The zero-order valence-electron chi connectivity index (χ0n) is 14.4. The van der Waals surface area contributed by atoms with Crippen molar-refractivity contribution in [2.75, 3.05) is 0 Å². The van der Waals surface area contributed by atoms with Crippen molar-refractivity contribution in [2.45, 2.75) is 12.5 Å². The Morgan fingerprint density at radius 3 is 2.50 bits per heavy atom. The van der Waals surface area contributed by atoms with E-state index in [1.54, 1.807) is 48.5 Å². The maximum absolute atomic E-state index is 12.6. The third-order valence-electron chi connectivity index (χ3n) is 4.01. The van der Waals surface area contributed by atoms with Gasteiger partial charge in [0.05, 0.1) is 18.2 Å². The summed E-state index contributed by atoms with van der Waals surface area (Å²) >= 11 is 9.22. The fourth-order valence-corrected chi connectivity index (χ4v) is 3.39. The maximum atomic E-state index is 12.6. The monoisotopic (exact) mass is 463 g/mol. The number of hydrogen-bond acceptors (Lipinski definition) is 3. The van der Waals surface area contributed by atoms with Gasteiger partial charge in [0.1, 0.15) is 5.69 Å². The Balaban J connectivity index is 1.87. The number of aromatic nitrogens is 2. The van der Waals surface area contributed by atoms with Gasteiger partial charge in [0.2, 0.25) is 0 Å². The maximum Gasteiger partial charge on any atom is 0.305 e. The van der Waals surface area contributed by atoms with Gasteiger partial charge in [-0.25, -0.2) is 4.68 Å². The van der Waals surface area contributed by atoms with Crippen LogP contribution in [0.5, 0.6) is 0 Å². The number of H-pyrrole nitrogens is 1. The lowest BCUT2D eigenvalue weighted by Gasteiger charge is -2.18. The number of halogens is 2. The van der Waals surface area contributed by atoms with Crippen molar-refractivity contribution in [3.05, 3.63) is 85.7 Å². The van der Waals surface area contributed by atoms with Gasteiger partial charge >= 0.3 is 5.97 Å². The minimum absolute atomic E-state index is 0.0161. The van der Waals surface area contributed by atoms with E-state index in [2.05, 4.69) is 26.3 Å². The zero-order valence-corrected chi connectivity index (χ0v) is 16.7. The molecule has 9 heteroatoms. The number of carbonyl (C=O) groups is 2. The Kier molecular flexibility index (Phi) is 6.01. The van der Waals surface area contributed by atoms with Crippen molar-refractivity contribution in [1.82, 2.24) is 15.1 Å². The lowest BCUT2D eigenvalue weighted by Crippen LogP contribution is -2.30. The van der Waals surface area contributed by atoms with E-state index in [4.69, 9.17) is 11.6 Å². The Hall–Kier alpha value is -2.84. The normalized spacial score (nSPS) is 11.8. The molecule has 0 fully saturated rings. The summed E-state index contributed by atoms with van der Waals surface area (Å²) in [5.41, 5.74) is 0.726. The number of aliphatic carboxylic acids is 1. The number of carbonyl (C=O) groups excluding carboxylic acids is 1. The number of hydrogen-bond donors (Lipinski definition) is 3. The number of carboxylic acids is 1. The summed E-state index contributed by atoms with van der Waals surface area (Å²) in [5.74, 6) is -1.65. The van der Waals surface area contributed by atoms with Gasteiger partial charge in [-0.1, -0.05) is 45.7 Å². The van der Waals surface area contributed by atoms with E-state index in [1.807, 2.05) is 0 Å². The van der Waals surface area contributed by atoms with Crippen LogP contribution in [0.2, 0.25) is 5.02 Å². The molecule has 3 aromatic rings. The van der Waals surface area contributed by atoms with Crippen LogP contribution in [-0.2, 0) is 4.79 Å². The molecule has 28 heavy (non-hydrogen) atoms. The molecule has 0 saturated heterocycles. The molecule has 7 nitrogen and oxygen atoms in total. The molecule has 144 valence electrons. The van der Waals surface area contributed by atoms with E-state index in [9.17, 15) is 19.5 Å². The Labute approximate surface area is 173 Å². The van der Waals surface area contributed by atoms with Crippen LogP contribution in [0.25, 0.3) is 5.69 Å². The van der Waals surface area contributed by atoms with E-state index in [-0.39, 0.29) is 12.1 Å². The first-order valence-corrected chi connectivity index (χ1v) is 9.37. The van der Waals surface area contributed by atoms with Crippen molar-refractivity contribution in [2.24, 2.45) is 0 Å². The van der Waals surface area contributed by atoms with Crippen molar-refractivity contribution in [3.8, 4) is 5.69 Å². The van der Waals surface area contributed by atoms with Crippen molar-refractivity contribution in [1.29, 1.82) is 0 Å². The van der Waals surface area contributed by atoms with Crippen LogP contribution >= 0.6 is 27.5 Å². The molecule has 0 bridgehead atoms. The first-order valence-electron chi connectivity index (χ1n) is 8.20. The lowest BCUT2D eigenvalue weighted by molar-refractivity contribution is -0.137. The van der Waals surface area contributed by atoms with Crippen molar-refractivity contribution >= 4 is 39.4 Å². The topological polar surface area (TPSA) is 104 Å². The SMILES string of the molecule is O=C(O)C[C@H](NC(=O)c1cc(=O)n(-c2ccc(Cl)cc2)[nH]1)c1ccccc1Br.